The van der Waals surface area contributed by atoms with E-state index in [0.29, 0.717) is 28.2 Å². The molecule has 32 heavy (non-hydrogen) atoms. The summed E-state index contributed by atoms with van der Waals surface area (Å²) in [4.78, 5) is 18.4. The van der Waals surface area contributed by atoms with Crippen LogP contribution in [0, 0.1) is 13.8 Å². The van der Waals surface area contributed by atoms with E-state index in [-0.39, 0.29) is 11.6 Å². The number of benzene rings is 1. The highest BCUT2D eigenvalue weighted by Crippen LogP contribution is 2.33. The number of aromatic nitrogens is 2. The first-order chi connectivity index (χ1) is 14.9. The van der Waals surface area contributed by atoms with Gasteiger partial charge in [0, 0.05) is 0 Å². The number of amides is 1. The molecule has 2 N–H and O–H groups in total. The highest BCUT2D eigenvalue weighted by Gasteiger charge is 2.38. The number of thiazole rings is 1. The molecule has 0 aliphatic carbocycles. The Morgan fingerprint density at radius 1 is 1.16 bits per heavy atom. The number of hydrogen-bond acceptors (Lipinski definition) is 7. The summed E-state index contributed by atoms with van der Waals surface area (Å²) in [6, 6.07) is 6.28. The molecule has 170 valence electrons. The Kier molecular flexibility index (Phi) is 6.41. The molecule has 0 fully saturated rings. The molecule has 2 aromatic heterocycles. The molecule has 0 bridgehead atoms. The average molecular weight is 486 g/mol. The number of ether oxygens (including phenoxy) is 1. The van der Waals surface area contributed by atoms with E-state index in [1.165, 1.54) is 7.11 Å². The number of anilines is 2. The fourth-order valence-electron chi connectivity index (χ4n) is 2.81. The van der Waals surface area contributed by atoms with Crippen LogP contribution in [0.5, 0.6) is 5.88 Å². The van der Waals surface area contributed by atoms with Gasteiger partial charge >= 0.3 is 6.18 Å². The van der Waals surface area contributed by atoms with Crippen LogP contribution in [0.25, 0.3) is 0 Å². The Morgan fingerprint density at radius 3 is 2.41 bits per heavy atom. The first kappa shape index (κ1) is 23.5. The third-order valence-corrected chi connectivity index (χ3v) is 6.49. The van der Waals surface area contributed by atoms with Gasteiger partial charge in [-0.3, -0.25) is 9.52 Å². The van der Waals surface area contributed by atoms with Crippen molar-refractivity contribution in [1.82, 2.24) is 9.97 Å². The van der Waals surface area contributed by atoms with Crippen molar-refractivity contribution >= 4 is 38.6 Å². The predicted molar refractivity (Wildman–Crippen MR) is 113 cm³/mol. The zero-order chi connectivity index (χ0) is 23.7. The van der Waals surface area contributed by atoms with Crippen molar-refractivity contribution in [2.45, 2.75) is 24.9 Å². The Balaban J connectivity index is 1.96. The SMILES string of the molecule is COc1ncc(NC(=O)c2scnc2C(F)(F)F)cc1S(=O)(=O)Nc1c(C)cccc1C. The molecule has 0 saturated heterocycles. The lowest BCUT2D eigenvalue weighted by molar-refractivity contribution is -0.141. The Bertz CT molecular complexity index is 1250. The molecule has 0 aliphatic rings. The van der Waals surface area contributed by atoms with Crippen molar-refractivity contribution in [3.05, 3.63) is 57.7 Å². The largest absolute Gasteiger partial charge is 0.480 e. The quantitative estimate of drug-likeness (QED) is 0.540. The third-order valence-electron chi connectivity index (χ3n) is 4.32. The maximum Gasteiger partial charge on any atom is 0.434 e. The molecule has 2 heterocycles. The van der Waals surface area contributed by atoms with Crippen molar-refractivity contribution in [2.75, 3.05) is 17.1 Å². The first-order valence-corrected chi connectivity index (χ1v) is 11.3. The summed E-state index contributed by atoms with van der Waals surface area (Å²) in [7, 11) is -3.01. The van der Waals surface area contributed by atoms with Crippen LogP contribution >= 0.6 is 11.3 Å². The topological polar surface area (TPSA) is 110 Å². The molecule has 3 rings (SSSR count). The number of alkyl halides is 3. The van der Waals surface area contributed by atoms with Gasteiger partial charge in [-0.25, -0.2) is 18.4 Å². The molecule has 0 radical (unpaired) electrons. The van der Waals surface area contributed by atoms with E-state index < -0.39 is 37.6 Å². The van der Waals surface area contributed by atoms with Gasteiger partial charge in [0.2, 0.25) is 5.88 Å². The minimum atomic E-state index is -4.81. The Morgan fingerprint density at radius 2 is 1.81 bits per heavy atom. The fourth-order valence-corrected chi connectivity index (χ4v) is 4.86. The number of sulfonamides is 1. The van der Waals surface area contributed by atoms with E-state index in [9.17, 15) is 26.4 Å². The number of methoxy groups -OCH3 is 1. The van der Waals surface area contributed by atoms with E-state index in [4.69, 9.17) is 4.74 Å². The Labute approximate surface area is 185 Å². The number of halogens is 3. The number of nitrogens with one attached hydrogen (secondary N) is 2. The normalized spacial score (nSPS) is 11.8. The van der Waals surface area contributed by atoms with Crippen molar-refractivity contribution in [2.24, 2.45) is 0 Å². The lowest BCUT2D eigenvalue weighted by atomic mass is 10.1. The second-order valence-corrected chi connectivity index (χ2v) is 9.09. The molecule has 0 unspecified atom stereocenters. The Hall–Kier alpha value is -3.19. The summed E-state index contributed by atoms with van der Waals surface area (Å²) in [6.07, 6.45) is -3.74. The molecule has 0 saturated carbocycles. The van der Waals surface area contributed by atoms with E-state index in [1.807, 2.05) is 0 Å². The van der Waals surface area contributed by atoms with Crippen molar-refractivity contribution in [1.29, 1.82) is 0 Å². The number of carbonyl (C=O) groups is 1. The number of pyridine rings is 1. The van der Waals surface area contributed by atoms with E-state index in [0.717, 1.165) is 17.8 Å². The average Bonchev–Trinajstić information content (AvgIpc) is 3.22. The summed E-state index contributed by atoms with van der Waals surface area (Å²) in [6.45, 7) is 3.45. The van der Waals surface area contributed by atoms with Gasteiger partial charge < -0.3 is 10.1 Å². The van der Waals surface area contributed by atoms with Crippen LogP contribution in [0.3, 0.4) is 0 Å². The van der Waals surface area contributed by atoms with E-state index in [2.05, 4.69) is 20.0 Å². The highest BCUT2D eigenvalue weighted by atomic mass is 32.2. The predicted octanol–water partition coefficient (Wildman–Crippen LogP) is 4.24. The minimum Gasteiger partial charge on any atom is -0.480 e. The van der Waals surface area contributed by atoms with Gasteiger partial charge in [0.05, 0.1) is 30.2 Å². The maximum absolute atomic E-state index is 13.0. The van der Waals surface area contributed by atoms with Crippen LogP contribution in [0.15, 0.2) is 40.9 Å². The second-order valence-electron chi connectivity index (χ2n) is 6.59. The number of aryl methyl sites for hydroxylation is 2. The highest BCUT2D eigenvalue weighted by molar-refractivity contribution is 7.92. The van der Waals surface area contributed by atoms with Crippen molar-refractivity contribution in [3.63, 3.8) is 0 Å². The summed E-state index contributed by atoms with van der Waals surface area (Å²) >= 11 is 0.507. The van der Waals surface area contributed by atoms with Gasteiger partial charge in [0.1, 0.15) is 4.88 Å². The summed E-state index contributed by atoms with van der Waals surface area (Å²) in [5.41, 5.74) is 1.15. The molecule has 3 aromatic rings. The van der Waals surface area contributed by atoms with Crippen LogP contribution in [0.2, 0.25) is 0 Å². The lowest BCUT2D eigenvalue weighted by Crippen LogP contribution is -2.19. The van der Waals surface area contributed by atoms with Crippen molar-refractivity contribution < 1.29 is 31.1 Å². The zero-order valence-electron chi connectivity index (χ0n) is 16.9. The monoisotopic (exact) mass is 486 g/mol. The van der Waals surface area contributed by atoms with Gasteiger partial charge in [0.25, 0.3) is 15.9 Å². The number of carbonyl (C=O) groups excluding carboxylic acids is 1. The van der Waals surface area contributed by atoms with Gasteiger partial charge in [0.15, 0.2) is 10.6 Å². The minimum absolute atomic E-state index is 0.140. The fraction of sp³-hybridized carbons (Fsp3) is 0.211. The maximum atomic E-state index is 13.0. The molecule has 0 aliphatic heterocycles. The lowest BCUT2D eigenvalue weighted by Gasteiger charge is -2.15. The molecule has 13 heteroatoms. The molecule has 0 atom stereocenters. The zero-order valence-corrected chi connectivity index (χ0v) is 18.6. The smallest absolute Gasteiger partial charge is 0.434 e. The molecule has 8 nitrogen and oxygen atoms in total. The number of nitrogens with zero attached hydrogens (tertiary/aromatic N) is 2. The van der Waals surface area contributed by atoms with Crippen molar-refractivity contribution in [3.8, 4) is 5.88 Å². The molecule has 1 amide bonds. The number of rotatable bonds is 6. The van der Waals surface area contributed by atoms with Crippen LogP contribution in [-0.2, 0) is 16.2 Å². The summed E-state index contributed by atoms with van der Waals surface area (Å²) < 4.78 is 72.6. The standard InChI is InChI=1S/C19H17F3N4O4S2/c1-10-5-4-6-11(2)14(10)26-32(28,29)13-7-12(8-23-18(13)30-3)25-17(27)15-16(19(20,21)22)24-9-31-15/h4-9,26H,1-3H3,(H,25,27). The summed E-state index contributed by atoms with van der Waals surface area (Å²) in [5.74, 6) is -1.35. The molecular weight excluding hydrogens is 469 g/mol. The third kappa shape index (κ3) is 4.83. The van der Waals surface area contributed by atoms with Gasteiger partial charge in [-0.2, -0.15) is 13.2 Å². The molecular formula is C19H17F3N4O4S2. The summed E-state index contributed by atoms with van der Waals surface area (Å²) in [5, 5.41) is 2.23. The van der Waals surface area contributed by atoms with Crippen LogP contribution < -0.4 is 14.8 Å². The van der Waals surface area contributed by atoms with Crippen LogP contribution in [0.1, 0.15) is 26.5 Å². The second kappa shape index (κ2) is 8.74. The van der Waals surface area contributed by atoms with Crippen LogP contribution in [-0.4, -0.2) is 31.4 Å². The first-order valence-electron chi connectivity index (χ1n) is 8.89. The molecule has 0 spiro atoms. The van der Waals surface area contributed by atoms with Gasteiger partial charge in [-0.1, -0.05) is 18.2 Å². The van der Waals surface area contributed by atoms with Gasteiger partial charge in [-0.15, -0.1) is 11.3 Å². The number of para-hydroxylation sites is 1. The molecule has 1 aromatic carbocycles. The van der Waals surface area contributed by atoms with E-state index in [1.54, 1.807) is 32.0 Å². The number of hydrogen-bond donors (Lipinski definition) is 2. The van der Waals surface area contributed by atoms with Gasteiger partial charge in [-0.05, 0) is 31.0 Å². The van der Waals surface area contributed by atoms with Crippen LogP contribution in [0.4, 0.5) is 24.5 Å². The van der Waals surface area contributed by atoms with E-state index >= 15 is 0 Å².